The second-order valence-corrected chi connectivity index (χ2v) is 5.24. The van der Waals surface area contributed by atoms with E-state index in [-0.39, 0.29) is 0 Å². The van der Waals surface area contributed by atoms with Crippen LogP contribution in [0.1, 0.15) is 17.8 Å². The molecule has 2 rings (SSSR count). The molecule has 0 saturated heterocycles. The molecule has 5 heteroatoms. The summed E-state index contributed by atoms with van der Waals surface area (Å²) in [4.78, 5) is 8.61. The van der Waals surface area contributed by atoms with Crippen molar-refractivity contribution in [2.45, 2.75) is 12.8 Å². The van der Waals surface area contributed by atoms with Crippen molar-refractivity contribution in [3.05, 3.63) is 39.4 Å². The summed E-state index contributed by atoms with van der Waals surface area (Å²) in [6.45, 7) is 3.00. The Kier molecular flexibility index (Phi) is 3.90. The summed E-state index contributed by atoms with van der Waals surface area (Å²) in [6.07, 6.45) is 1.84. The average molecular weight is 298 g/mol. The quantitative estimate of drug-likeness (QED) is 0.878. The van der Waals surface area contributed by atoms with Crippen LogP contribution in [0.25, 0.3) is 0 Å². The Morgan fingerprint density at radius 1 is 1.50 bits per heavy atom. The van der Waals surface area contributed by atoms with Gasteiger partial charge in [-0.3, -0.25) is 0 Å². The first-order valence-electron chi connectivity index (χ1n) is 5.01. The van der Waals surface area contributed by atoms with Crippen molar-refractivity contribution < 1.29 is 0 Å². The molecule has 1 atom stereocenters. The fraction of sp³-hybridized carbons (Fsp3) is 0.273. The highest BCUT2D eigenvalue weighted by Crippen LogP contribution is 2.18. The number of halogens is 1. The smallest absolute Gasteiger partial charge is 0.127 e. The van der Waals surface area contributed by atoms with Gasteiger partial charge in [-0.1, -0.05) is 13.0 Å². The molecular formula is C11H12BrN3S. The highest BCUT2D eigenvalue weighted by atomic mass is 79.9. The Hall–Kier alpha value is -0.940. The minimum Gasteiger partial charge on any atom is -0.369 e. The van der Waals surface area contributed by atoms with Crippen LogP contribution in [0.3, 0.4) is 0 Å². The third-order valence-electron chi connectivity index (χ3n) is 2.18. The second-order valence-electron chi connectivity index (χ2n) is 3.50. The van der Waals surface area contributed by atoms with Crippen LogP contribution in [0, 0.1) is 0 Å². The maximum Gasteiger partial charge on any atom is 0.127 e. The lowest BCUT2D eigenvalue weighted by Gasteiger charge is -2.10. The lowest BCUT2D eigenvalue weighted by atomic mass is 10.2. The number of aromatic nitrogens is 2. The van der Waals surface area contributed by atoms with Gasteiger partial charge < -0.3 is 5.32 Å². The predicted molar refractivity (Wildman–Crippen MR) is 71.0 cm³/mol. The molecule has 0 fully saturated rings. The minimum atomic E-state index is 0.404. The largest absolute Gasteiger partial charge is 0.369 e. The highest BCUT2D eigenvalue weighted by Gasteiger charge is 2.07. The van der Waals surface area contributed by atoms with Crippen molar-refractivity contribution >= 4 is 33.1 Å². The molecule has 0 aliphatic heterocycles. The number of hydrogen-bond donors (Lipinski definition) is 1. The number of hydrogen-bond acceptors (Lipinski definition) is 4. The molecule has 0 aliphatic carbocycles. The third kappa shape index (κ3) is 3.02. The topological polar surface area (TPSA) is 37.8 Å². The van der Waals surface area contributed by atoms with Crippen molar-refractivity contribution in [3.63, 3.8) is 0 Å². The summed E-state index contributed by atoms with van der Waals surface area (Å²) in [5, 5.41) is 6.46. The molecule has 0 aromatic carbocycles. The number of anilines is 1. The van der Waals surface area contributed by atoms with Crippen LogP contribution in [0.2, 0.25) is 0 Å². The maximum absolute atomic E-state index is 4.32. The van der Waals surface area contributed by atoms with Gasteiger partial charge in [0.2, 0.25) is 0 Å². The molecule has 0 radical (unpaired) electrons. The highest BCUT2D eigenvalue weighted by molar-refractivity contribution is 9.10. The summed E-state index contributed by atoms with van der Waals surface area (Å²) in [5.74, 6) is 1.29. The van der Waals surface area contributed by atoms with Gasteiger partial charge in [0.25, 0.3) is 0 Å². The summed E-state index contributed by atoms with van der Waals surface area (Å²) in [6, 6.07) is 5.84. The van der Waals surface area contributed by atoms with Crippen LogP contribution in [-0.4, -0.2) is 16.5 Å². The van der Waals surface area contributed by atoms with Crippen LogP contribution < -0.4 is 5.32 Å². The first kappa shape index (κ1) is 11.5. The van der Waals surface area contributed by atoms with Crippen molar-refractivity contribution in [2.24, 2.45) is 0 Å². The Labute approximate surface area is 107 Å². The summed E-state index contributed by atoms with van der Waals surface area (Å²) in [5.41, 5.74) is 0. The standard InChI is InChI=1S/C11H12BrN3S/c1-8(11-13-5-6-16-11)7-14-10-4-2-3-9(12)15-10/h2-6,8H,7H2,1H3,(H,14,15). The van der Waals surface area contributed by atoms with E-state index in [0.717, 1.165) is 22.0 Å². The van der Waals surface area contributed by atoms with Crippen LogP contribution in [0.15, 0.2) is 34.4 Å². The van der Waals surface area contributed by atoms with Crippen LogP contribution in [0.5, 0.6) is 0 Å². The first-order valence-corrected chi connectivity index (χ1v) is 6.69. The molecule has 2 aromatic rings. The van der Waals surface area contributed by atoms with Gasteiger partial charge in [0, 0.05) is 24.0 Å². The fourth-order valence-corrected chi connectivity index (χ4v) is 2.37. The van der Waals surface area contributed by atoms with E-state index in [2.05, 4.69) is 38.1 Å². The molecule has 0 amide bonds. The van der Waals surface area contributed by atoms with Crippen LogP contribution in [0.4, 0.5) is 5.82 Å². The van der Waals surface area contributed by atoms with E-state index < -0.39 is 0 Å². The van der Waals surface area contributed by atoms with Crippen LogP contribution in [-0.2, 0) is 0 Å². The van der Waals surface area contributed by atoms with E-state index in [1.54, 1.807) is 11.3 Å². The van der Waals surface area contributed by atoms with Gasteiger partial charge in [0.05, 0.1) is 5.01 Å². The zero-order valence-electron chi connectivity index (χ0n) is 8.85. The molecule has 0 saturated carbocycles. The van der Waals surface area contributed by atoms with Crippen molar-refractivity contribution in [3.8, 4) is 0 Å². The fourth-order valence-electron chi connectivity index (χ4n) is 1.33. The van der Waals surface area contributed by atoms with Gasteiger partial charge in [-0.15, -0.1) is 11.3 Å². The van der Waals surface area contributed by atoms with Gasteiger partial charge in [0.1, 0.15) is 10.4 Å². The number of rotatable bonds is 4. The van der Waals surface area contributed by atoms with Crippen molar-refractivity contribution in [1.29, 1.82) is 0 Å². The Morgan fingerprint density at radius 3 is 3.06 bits per heavy atom. The minimum absolute atomic E-state index is 0.404. The summed E-state index contributed by atoms with van der Waals surface area (Å²) in [7, 11) is 0. The van der Waals surface area contributed by atoms with E-state index >= 15 is 0 Å². The van der Waals surface area contributed by atoms with Gasteiger partial charge in [-0.2, -0.15) is 0 Å². The molecule has 2 heterocycles. The number of nitrogens with one attached hydrogen (secondary N) is 1. The first-order chi connectivity index (χ1) is 7.75. The Balaban J connectivity index is 1.92. The van der Waals surface area contributed by atoms with E-state index in [0.29, 0.717) is 5.92 Å². The molecule has 0 aliphatic rings. The van der Waals surface area contributed by atoms with E-state index in [9.17, 15) is 0 Å². The molecule has 16 heavy (non-hydrogen) atoms. The zero-order valence-corrected chi connectivity index (χ0v) is 11.3. The van der Waals surface area contributed by atoms with Crippen LogP contribution >= 0.6 is 27.3 Å². The van der Waals surface area contributed by atoms with Gasteiger partial charge in [0.15, 0.2) is 0 Å². The molecule has 1 N–H and O–H groups in total. The number of thiazole rings is 1. The molecule has 2 aromatic heterocycles. The van der Waals surface area contributed by atoms with E-state index in [4.69, 9.17) is 0 Å². The second kappa shape index (κ2) is 5.41. The average Bonchev–Trinajstić information content (AvgIpc) is 2.79. The molecule has 0 spiro atoms. The van der Waals surface area contributed by atoms with Crippen molar-refractivity contribution in [2.75, 3.05) is 11.9 Å². The Morgan fingerprint density at radius 2 is 2.38 bits per heavy atom. The van der Waals surface area contributed by atoms with Gasteiger partial charge >= 0.3 is 0 Å². The normalized spacial score (nSPS) is 12.4. The van der Waals surface area contributed by atoms with Gasteiger partial charge in [-0.05, 0) is 28.1 Å². The zero-order chi connectivity index (χ0) is 11.4. The summed E-state index contributed by atoms with van der Waals surface area (Å²) >= 11 is 5.04. The Bertz CT molecular complexity index is 444. The monoisotopic (exact) mass is 297 g/mol. The summed E-state index contributed by atoms with van der Waals surface area (Å²) < 4.78 is 0.847. The SMILES string of the molecule is CC(CNc1cccc(Br)n1)c1nccs1. The number of pyridine rings is 1. The lowest BCUT2D eigenvalue weighted by Crippen LogP contribution is -2.10. The lowest BCUT2D eigenvalue weighted by molar-refractivity contribution is 0.791. The van der Waals surface area contributed by atoms with Gasteiger partial charge in [-0.25, -0.2) is 9.97 Å². The van der Waals surface area contributed by atoms with E-state index in [1.807, 2.05) is 29.8 Å². The maximum atomic E-state index is 4.32. The number of nitrogens with zero attached hydrogens (tertiary/aromatic N) is 2. The van der Waals surface area contributed by atoms with E-state index in [1.165, 1.54) is 0 Å². The molecule has 1 unspecified atom stereocenters. The molecule has 84 valence electrons. The third-order valence-corrected chi connectivity index (χ3v) is 3.63. The molecule has 3 nitrogen and oxygen atoms in total. The predicted octanol–water partition coefficient (Wildman–Crippen LogP) is 3.52. The molecular weight excluding hydrogens is 286 g/mol. The molecule has 0 bridgehead atoms. The van der Waals surface area contributed by atoms with Crippen molar-refractivity contribution in [1.82, 2.24) is 9.97 Å².